The van der Waals surface area contributed by atoms with Gasteiger partial charge in [-0.3, -0.25) is 28.8 Å². The molecule has 1 fully saturated rings. The van der Waals surface area contributed by atoms with E-state index in [0.29, 0.717) is 50.8 Å². The monoisotopic (exact) mass is 889 g/mol. The third kappa shape index (κ3) is 14.2. The minimum atomic E-state index is -1.67. The molecule has 0 bridgehead atoms. The van der Waals surface area contributed by atoms with E-state index in [1.54, 1.807) is 12.1 Å². The fraction of sp³-hybridized carbons (Fsp3) is 0.400. The minimum absolute atomic E-state index is 0.000108. The highest BCUT2D eigenvalue weighted by Crippen LogP contribution is 2.20. The van der Waals surface area contributed by atoms with E-state index in [0.717, 1.165) is 33.7 Å². The molecule has 0 aromatic heterocycles. The zero-order chi connectivity index (χ0) is 46.3. The number of hydrogen-bond donors (Lipinski definition) is 8. The van der Waals surface area contributed by atoms with Gasteiger partial charge in [-0.1, -0.05) is 91.0 Å². The number of alkyl halides is 1. The Bertz CT molecular complexity index is 2440. The molecule has 4 aromatic rings. The van der Waals surface area contributed by atoms with Crippen LogP contribution >= 0.6 is 0 Å². The van der Waals surface area contributed by atoms with Crippen LogP contribution < -0.4 is 48.1 Å². The number of rotatable bonds is 21. The van der Waals surface area contributed by atoms with Crippen molar-refractivity contribution in [1.29, 1.82) is 0 Å². The number of hydrogen-bond acceptors (Lipinski definition) is 8. The minimum Gasteiger partial charge on any atom is -0.508 e. The summed E-state index contributed by atoms with van der Waals surface area (Å²) in [7, 11) is 0. The summed E-state index contributed by atoms with van der Waals surface area (Å²) in [5, 5.41) is 31.3. The molecule has 6 atom stereocenters. The maximum Gasteiger partial charge on any atom is 0.254 e. The Kier molecular flexibility index (Phi) is 17.2. The Labute approximate surface area is 378 Å². The van der Waals surface area contributed by atoms with Gasteiger partial charge in [-0.05, 0) is 115 Å². The molecule has 9 N–H and O–H groups in total. The maximum atomic E-state index is 14.7. The van der Waals surface area contributed by atoms with Gasteiger partial charge in [0.25, 0.3) is 5.91 Å². The summed E-state index contributed by atoms with van der Waals surface area (Å²) in [5.41, 5.74) is 7.12. The molecular weight excluding hydrogens is 830 g/mol. The van der Waals surface area contributed by atoms with Crippen molar-refractivity contribution in [3.05, 3.63) is 113 Å². The number of unbranched alkanes of at least 4 members (excludes halogenated alkanes) is 1. The second-order valence-corrected chi connectivity index (χ2v) is 17.1. The second-order valence-electron chi connectivity index (χ2n) is 17.1. The number of benzene rings is 4. The SMILES string of the molecule is CC(F)C(=O)NCCCC[C@H](NC(=O)[C@H](Cc1ccc(O)cc1)NC(=O)C(CC1C=c2ccccc2=CC1)NC(=O)[C@@H](Cc1ccc2ccccc2c1)NC(=O)C1CCNCC1)C(N)=O. The van der Waals surface area contributed by atoms with Crippen molar-refractivity contribution in [2.75, 3.05) is 19.6 Å². The molecule has 1 heterocycles. The normalized spacial score (nSPS) is 17.0. The van der Waals surface area contributed by atoms with Crippen LogP contribution in [0.15, 0.2) is 91.0 Å². The zero-order valence-corrected chi connectivity index (χ0v) is 36.7. The highest BCUT2D eigenvalue weighted by molar-refractivity contribution is 5.96. The average molecular weight is 890 g/mol. The first-order valence-electron chi connectivity index (χ1n) is 22.5. The number of fused-ring (bicyclic) bond motifs is 2. The summed E-state index contributed by atoms with van der Waals surface area (Å²) in [6.45, 7) is 2.65. The van der Waals surface area contributed by atoms with E-state index in [1.165, 1.54) is 12.1 Å². The number of phenols is 1. The quantitative estimate of drug-likeness (QED) is 0.0578. The first-order chi connectivity index (χ1) is 31.3. The molecule has 14 nitrogen and oxygen atoms in total. The molecule has 1 saturated heterocycles. The average Bonchev–Trinajstić information content (AvgIpc) is 3.30. The zero-order valence-electron chi connectivity index (χ0n) is 36.7. The number of nitrogens with two attached hydrogens (primary N) is 1. The van der Waals surface area contributed by atoms with Crippen molar-refractivity contribution in [2.24, 2.45) is 17.6 Å². The third-order valence-electron chi connectivity index (χ3n) is 12.1. The topological polar surface area (TPSA) is 221 Å². The van der Waals surface area contributed by atoms with Gasteiger partial charge >= 0.3 is 0 Å². The van der Waals surface area contributed by atoms with Crippen LogP contribution in [-0.4, -0.2) is 90.5 Å². The number of carbonyl (C=O) groups excluding carboxylic acids is 6. The van der Waals surface area contributed by atoms with Gasteiger partial charge in [0.15, 0.2) is 6.17 Å². The molecule has 1 aliphatic carbocycles. The van der Waals surface area contributed by atoms with Crippen molar-refractivity contribution >= 4 is 58.4 Å². The fourth-order valence-corrected chi connectivity index (χ4v) is 8.34. The van der Waals surface area contributed by atoms with Crippen molar-refractivity contribution in [3.8, 4) is 5.75 Å². The van der Waals surface area contributed by atoms with Crippen molar-refractivity contribution < 1.29 is 38.3 Å². The molecule has 15 heteroatoms. The van der Waals surface area contributed by atoms with Crippen LogP contribution in [0.2, 0.25) is 0 Å². The first-order valence-corrected chi connectivity index (χ1v) is 22.5. The van der Waals surface area contributed by atoms with Crippen LogP contribution in [0.3, 0.4) is 0 Å². The summed E-state index contributed by atoms with van der Waals surface area (Å²) >= 11 is 0. The van der Waals surface area contributed by atoms with Gasteiger partial charge in [-0.25, -0.2) is 4.39 Å². The highest BCUT2D eigenvalue weighted by atomic mass is 19.1. The summed E-state index contributed by atoms with van der Waals surface area (Å²) < 4.78 is 13.3. The molecule has 344 valence electrons. The van der Waals surface area contributed by atoms with Gasteiger partial charge in [0.2, 0.25) is 29.5 Å². The molecule has 1 aliphatic heterocycles. The smallest absolute Gasteiger partial charge is 0.254 e. The predicted molar refractivity (Wildman–Crippen MR) is 247 cm³/mol. The Morgan fingerprint density at radius 1 is 0.708 bits per heavy atom. The van der Waals surface area contributed by atoms with Gasteiger partial charge in [0.1, 0.15) is 29.9 Å². The van der Waals surface area contributed by atoms with E-state index < -0.39 is 59.9 Å². The van der Waals surface area contributed by atoms with Crippen molar-refractivity contribution in [2.45, 2.75) is 95.1 Å². The molecule has 0 radical (unpaired) electrons. The Balaban J connectivity index is 1.26. The van der Waals surface area contributed by atoms with Gasteiger partial charge in [-0.2, -0.15) is 0 Å². The predicted octanol–water partition coefficient (Wildman–Crippen LogP) is 2.07. The third-order valence-corrected chi connectivity index (χ3v) is 12.1. The number of amides is 6. The Morgan fingerprint density at radius 3 is 2.02 bits per heavy atom. The number of halogens is 1. The van der Waals surface area contributed by atoms with Crippen LogP contribution in [0.4, 0.5) is 4.39 Å². The fourth-order valence-electron chi connectivity index (χ4n) is 8.34. The standard InChI is InChI=1S/C50H60FN7O7/c1-31(51)46(61)54-23-7-6-12-41(45(52)60)55-48(63)42(28-32-15-19-40(59)20-16-32)57-50(65)44(30-34-14-18-36-9-3-5-11-39(36)27-34)58-49(64)43(56-47(62)37-21-24-53-25-22-37)29-33-13-17-35-8-2-4-10-38(35)26-33/h2-5,8-11,13,15-20,26-27,31,34,37,41-44,53,59H,6-7,12,14,21-25,28-30H2,1H3,(H2,52,60)(H,54,61)(H,55,63)(H,56,62)(H,57,65)(H,58,64)/t31?,34?,41-,42-,43+,44?/m0/s1. The van der Waals surface area contributed by atoms with Crippen LogP contribution in [0.5, 0.6) is 5.75 Å². The lowest BCUT2D eigenvalue weighted by Crippen LogP contribution is -2.59. The summed E-state index contributed by atoms with van der Waals surface area (Å²) in [5.74, 6) is -4.22. The lowest BCUT2D eigenvalue weighted by Gasteiger charge is -2.29. The molecule has 0 spiro atoms. The molecule has 4 aromatic carbocycles. The van der Waals surface area contributed by atoms with Gasteiger partial charge in [0, 0.05) is 25.3 Å². The first kappa shape index (κ1) is 47.9. The number of primary amides is 1. The molecule has 6 rings (SSSR count). The largest absolute Gasteiger partial charge is 0.508 e. The second kappa shape index (κ2) is 23.4. The number of phenolic OH excluding ortho intramolecular Hbond substituents is 1. The Morgan fingerprint density at radius 2 is 1.31 bits per heavy atom. The van der Waals surface area contributed by atoms with E-state index in [9.17, 15) is 38.3 Å². The molecular formula is C50H60FN7O7. The number of piperidine rings is 1. The highest BCUT2D eigenvalue weighted by Gasteiger charge is 2.34. The number of aromatic hydroxyl groups is 1. The van der Waals surface area contributed by atoms with Crippen LogP contribution in [0.25, 0.3) is 22.9 Å². The van der Waals surface area contributed by atoms with E-state index in [-0.39, 0.29) is 55.7 Å². The summed E-state index contributed by atoms with van der Waals surface area (Å²) in [4.78, 5) is 81.4. The van der Waals surface area contributed by atoms with E-state index >= 15 is 0 Å². The molecule has 2 aliphatic rings. The van der Waals surface area contributed by atoms with E-state index in [1.807, 2.05) is 66.7 Å². The van der Waals surface area contributed by atoms with Crippen molar-refractivity contribution in [3.63, 3.8) is 0 Å². The van der Waals surface area contributed by atoms with Gasteiger partial charge < -0.3 is 42.7 Å². The molecule has 0 saturated carbocycles. The van der Waals surface area contributed by atoms with Crippen LogP contribution in [0, 0.1) is 11.8 Å². The van der Waals surface area contributed by atoms with E-state index in [4.69, 9.17) is 5.73 Å². The molecule has 6 amide bonds. The van der Waals surface area contributed by atoms with E-state index in [2.05, 4.69) is 44.1 Å². The van der Waals surface area contributed by atoms with Crippen molar-refractivity contribution in [1.82, 2.24) is 31.9 Å². The van der Waals surface area contributed by atoms with Crippen LogP contribution in [-0.2, 0) is 41.6 Å². The summed E-state index contributed by atoms with van der Waals surface area (Å²) in [6, 6.07) is 23.1. The number of nitrogens with one attached hydrogen (secondary N) is 6. The molecule has 3 unspecified atom stereocenters. The Hall–Kier alpha value is -6.61. The number of carbonyl (C=O) groups is 6. The molecule has 65 heavy (non-hydrogen) atoms. The van der Waals surface area contributed by atoms with Gasteiger partial charge in [-0.15, -0.1) is 0 Å². The van der Waals surface area contributed by atoms with Gasteiger partial charge in [0.05, 0.1) is 0 Å². The summed E-state index contributed by atoms with van der Waals surface area (Å²) in [6.07, 6.45) is 5.40. The maximum absolute atomic E-state index is 14.7. The van der Waals surface area contributed by atoms with Crippen LogP contribution in [0.1, 0.15) is 63.0 Å². The lowest BCUT2D eigenvalue weighted by atomic mass is 9.90. The lowest BCUT2D eigenvalue weighted by molar-refractivity contribution is -0.135.